The molecule has 0 aromatic heterocycles. The van der Waals surface area contributed by atoms with Gasteiger partial charge in [0.2, 0.25) is 0 Å². The first kappa shape index (κ1) is 13.4. The molecule has 7 heteroatoms. The molecule has 1 aliphatic rings. The number of sulfone groups is 1. The van der Waals surface area contributed by atoms with Crippen LogP contribution in [-0.2, 0) is 9.84 Å². The Morgan fingerprint density at radius 1 is 1.47 bits per heavy atom. The molecule has 2 rings (SSSR count). The summed E-state index contributed by atoms with van der Waals surface area (Å²) in [5.41, 5.74) is 6.34. The molecule has 0 bridgehead atoms. The third-order valence-electron chi connectivity index (χ3n) is 2.74. The fraction of sp³-hybridized carbons (Fsp3) is 0.250. The average molecular weight is 282 g/mol. The Labute approximate surface area is 111 Å². The van der Waals surface area contributed by atoms with E-state index in [4.69, 9.17) is 10.5 Å². The van der Waals surface area contributed by atoms with Crippen LogP contribution in [0.1, 0.15) is 10.4 Å². The number of rotatable bonds is 3. The SMILES string of the molecule is COc1c(N)cccc1C(=O)NC1C=CS(=O)(=O)C1. The number of carbonyl (C=O) groups is 1. The smallest absolute Gasteiger partial charge is 0.255 e. The van der Waals surface area contributed by atoms with E-state index in [2.05, 4.69) is 5.32 Å². The van der Waals surface area contributed by atoms with E-state index in [1.807, 2.05) is 0 Å². The molecule has 0 aliphatic carbocycles. The number of nitrogens with one attached hydrogen (secondary N) is 1. The molecule has 0 spiro atoms. The normalized spacial score (nSPS) is 20.2. The topological polar surface area (TPSA) is 98.5 Å². The number of nitrogen functional groups attached to an aromatic ring is 1. The summed E-state index contributed by atoms with van der Waals surface area (Å²) in [4.78, 5) is 12.1. The summed E-state index contributed by atoms with van der Waals surface area (Å²) in [6.45, 7) is 0. The molecule has 0 fully saturated rings. The van der Waals surface area contributed by atoms with Crippen molar-refractivity contribution in [1.29, 1.82) is 0 Å². The summed E-state index contributed by atoms with van der Waals surface area (Å²) in [5, 5.41) is 3.72. The van der Waals surface area contributed by atoms with E-state index in [1.165, 1.54) is 13.2 Å². The number of benzene rings is 1. The second kappa shape index (κ2) is 4.93. The van der Waals surface area contributed by atoms with Crippen molar-refractivity contribution in [2.24, 2.45) is 0 Å². The van der Waals surface area contributed by atoms with E-state index in [1.54, 1.807) is 18.2 Å². The van der Waals surface area contributed by atoms with Gasteiger partial charge < -0.3 is 15.8 Å². The largest absolute Gasteiger partial charge is 0.494 e. The second-order valence-corrected chi connectivity index (χ2v) is 6.10. The molecule has 1 aromatic carbocycles. The number of carbonyl (C=O) groups excluding carboxylic acids is 1. The van der Waals surface area contributed by atoms with Crippen molar-refractivity contribution in [2.75, 3.05) is 18.6 Å². The standard InChI is InChI=1S/C12H14N2O4S/c1-18-11-9(3-2-4-10(11)13)12(15)14-8-5-6-19(16,17)7-8/h2-6,8H,7,13H2,1H3,(H,14,15). The summed E-state index contributed by atoms with van der Waals surface area (Å²) >= 11 is 0. The van der Waals surface area contributed by atoms with Crippen molar-refractivity contribution in [3.63, 3.8) is 0 Å². The summed E-state index contributed by atoms with van der Waals surface area (Å²) in [5.74, 6) is -0.260. The molecule has 1 heterocycles. The lowest BCUT2D eigenvalue weighted by molar-refractivity contribution is 0.0945. The van der Waals surface area contributed by atoms with Gasteiger partial charge in [0.05, 0.1) is 30.2 Å². The minimum Gasteiger partial charge on any atom is -0.494 e. The quantitative estimate of drug-likeness (QED) is 0.778. The molecule has 0 saturated heterocycles. The average Bonchev–Trinajstić information content (AvgIpc) is 2.68. The molecular formula is C12H14N2O4S. The number of amides is 1. The van der Waals surface area contributed by atoms with Gasteiger partial charge in [0, 0.05) is 5.41 Å². The minimum atomic E-state index is -3.20. The molecule has 0 radical (unpaired) electrons. The Morgan fingerprint density at radius 2 is 2.21 bits per heavy atom. The van der Waals surface area contributed by atoms with Crippen molar-refractivity contribution in [2.45, 2.75) is 6.04 Å². The highest BCUT2D eigenvalue weighted by atomic mass is 32.2. The summed E-state index contributed by atoms with van der Waals surface area (Å²) in [6.07, 6.45) is 1.45. The maximum absolute atomic E-state index is 12.1. The number of anilines is 1. The van der Waals surface area contributed by atoms with Gasteiger partial charge in [-0.1, -0.05) is 6.07 Å². The fourth-order valence-corrected chi connectivity index (χ4v) is 3.11. The van der Waals surface area contributed by atoms with Crippen molar-refractivity contribution >= 4 is 21.4 Å². The van der Waals surface area contributed by atoms with Gasteiger partial charge in [0.15, 0.2) is 15.6 Å². The molecule has 1 aliphatic heterocycles. The van der Waals surface area contributed by atoms with Gasteiger partial charge in [-0.05, 0) is 18.2 Å². The van der Waals surface area contributed by atoms with Gasteiger partial charge in [-0.25, -0.2) is 8.42 Å². The molecule has 102 valence electrons. The van der Waals surface area contributed by atoms with E-state index in [0.717, 1.165) is 5.41 Å². The lowest BCUT2D eigenvalue weighted by atomic mass is 10.1. The van der Waals surface area contributed by atoms with Crippen molar-refractivity contribution in [1.82, 2.24) is 5.32 Å². The van der Waals surface area contributed by atoms with E-state index in [0.29, 0.717) is 5.69 Å². The Bertz CT molecular complexity index is 637. The van der Waals surface area contributed by atoms with E-state index < -0.39 is 21.8 Å². The molecule has 0 saturated carbocycles. The zero-order valence-electron chi connectivity index (χ0n) is 10.3. The lowest BCUT2D eigenvalue weighted by Gasteiger charge is -2.13. The number of nitrogens with two attached hydrogens (primary N) is 1. The summed E-state index contributed by atoms with van der Waals surface area (Å²) in [6, 6.07) is 4.30. The Balaban J connectivity index is 2.18. The van der Waals surface area contributed by atoms with Gasteiger partial charge in [-0.2, -0.15) is 0 Å². The molecular weight excluding hydrogens is 268 g/mol. The van der Waals surface area contributed by atoms with Crippen LogP contribution in [0.5, 0.6) is 5.75 Å². The van der Waals surface area contributed by atoms with E-state index >= 15 is 0 Å². The zero-order chi connectivity index (χ0) is 14.0. The number of hydrogen-bond acceptors (Lipinski definition) is 5. The van der Waals surface area contributed by atoms with Crippen LogP contribution in [-0.4, -0.2) is 33.2 Å². The second-order valence-electron chi connectivity index (χ2n) is 4.17. The summed E-state index contributed by atoms with van der Waals surface area (Å²) in [7, 11) is -1.78. The van der Waals surface area contributed by atoms with Gasteiger partial charge in [-0.3, -0.25) is 4.79 Å². The van der Waals surface area contributed by atoms with Crippen LogP contribution in [0.25, 0.3) is 0 Å². The van der Waals surface area contributed by atoms with Crippen LogP contribution in [0, 0.1) is 0 Å². The van der Waals surface area contributed by atoms with Gasteiger partial charge >= 0.3 is 0 Å². The minimum absolute atomic E-state index is 0.122. The summed E-state index contributed by atoms with van der Waals surface area (Å²) < 4.78 is 27.6. The maximum atomic E-state index is 12.1. The fourth-order valence-electron chi connectivity index (χ4n) is 1.87. The third kappa shape index (κ3) is 2.87. The predicted molar refractivity (Wildman–Crippen MR) is 71.6 cm³/mol. The van der Waals surface area contributed by atoms with Crippen molar-refractivity contribution in [3.05, 3.63) is 35.2 Å². The van der Waals surface area contributed by atoms with Crippen LogP contribution in [0.15, 0.2) is 29.7 Å². The van der Waals surface area contributed by atoms with Crippen LogP contribution in [0.3, 0.4) is 0 Å². The van der Waals surface area contributed by atoms with Crippen molar-refractivity contribution in [3.8, 4) is 5.75 Å². The first-order valence-corrected chi connectivity index (χ1v) is 7.29. The molecule has 6 nitrogen and oxygen atoms in total. The molecule has 1 atom stereocenters. The number of ether oxygens (including phenoxy) is 1. The molecule has 1 unspecified atom stereocenters. The highest BCUT2D eigenvalue weighted by Crippen LogP contribution is 2.26. The van der Waals surface area contributed by atoms with E-state index in [-0.39, 0.29) is 17.1 Å². The highest BCUT2D eigenvalue weighted by Gasteiger charge is 2.24. The van der Waals surface area contributed by atoms with E-state index in [9.17, 15) is 13.2 Å². The molecule has 1 aromatic rings. The Hall–Kier alpha value is -2.02. The Morgan fingerprint density at radius 3 is 2.79 bits per heavy atom. The first-order chi connectivity index (χ1) is 8.93. The number of methoxy groups -OCH3 is 1. The molecule has 19 heavy (non-hydrogen) atoms. The van der Waals surface area contributed by atoms with Crippen LogP contribution >= 0.6 is 0 Å². The lowest BCUT2D eigenvalue weighted by Crippen LogP contribution is -2.35. The van der Waals surface area contributed by atoms with Crippen LogP contribution < -0.4 is 15.8 Å². The monoisotopic (exact) mass is 282 g/mol. The van der Waals surface area contributed by atoms with Gasteiger partial charge in [0.25, 0.3) is 5.91 Å². The van der Waals surface area contributed by atoms with Crippen molar-refractivity contribution < 1.29 is 17.9 Å². The first-order valence-electron chi connectivity index (χ1n) is 5.57. The molecule has 3 N–H and O–H groups in total. The van der Waals surface area contributed by atoms with Crippen LogP contribution in [0.4, 0.5) is 5.69 Å². The van der Waals surface area contributed by atoms with Gasteiger partial charge in [-0.15, -0.1) is 0 Å². The predicted octanol–water partition coefficient (Wildman–Crippen LogP) is 0.318. The maximum Gasteiger partial charge on any atom is 0.255 e. The third-order valence-corrected chi connectivity index (χ3v) is 4.14. The Kier molecular flexibility index (Phi) is 3.48. The number of para-hydroxylation sites is 1. The van der Waals surface area contributed by atoms with Crippen LogP contribution in [0.2, 0.25) is 0 Å². The molecule has 1 amide bonds. The zero-order valence-corrected chi connectivity index (χ0v) is 11.1. The highest BCUT2D eigenvalue weighted by molar-refractivity contribution is 7.94. The number of hydrogen-bond donors (Lipinski definition) is 2. The van der Waals surface area contributed by atoms with Gasteiger partial charge in [0.1, 0.15) is 0 Å².